The van der Waals surface area contributed by atoms with Crippen molar-refractivity contribution in [3.63, 3.8) is 0 Å². The molecule has 0 fully saturated rings. The van der Waals surface area contributed by atoms with Crippen LogP contribution in [0.2, 0.25) is 0 Å². The Morgan fingerprint density at radius 1 is 1.05 bits per heavy atom. The smallest absolute Gasteiger partial charge is 0.373 e. The van der Waals surface area contributed by atoms with E-state index in [1.807, 2.05) is 0 Å². The first kappa shape index (κ1) is 28.4. The molecule has 2 aromatic heterocycles. The van der Waals surface area contributed by atoms with E-state index in [0.717, 1.165) is 29.7 Å². The van der Waals surface area contributed by atoms with Gasteiger partial charge >= 0.3 is 23.8 Å². The molecule has 40 heavy (non-hydrogen) atoms. The number of ether oxygens (including phenoxy) is 4. The molecule has 0 unspecified atom stereocenters. The normalized spacial score (nSPS) is 12.1. The Kier molecular flexibility index (Phi) is 9.17. The molecule has 1 aliphatic rings. The summed E-state index contributed by atoms with van der Waals surface area (Å²) in [4.78, 5) is 49.8. The monoisotopic (exact) mass is 569 g/mol. The molecular weight excluding hydrogens is 542 g/mol. The van der Waals surface area contributed by atoms with Crippen LogP contribution >= 0.6 is 11.3 Å². The minimum atomic E-state index is -1.00. The van der Waals surface area contributed by atoms with Gasteiger partial charge < -0.3 is 28.7 Å². The van der Waals surface area contributed by atoms with Crippen molar-refractivity contribution in [3.05, 3.63) is 63.4 Å². The van der Waals surface area contributed by atoms with Crippen LogP contribution < -0.4 is 20.2 Å². The highest BCUT2D eigenvalue weighted by Crippen LogP contribution is 2.39. The summed E-state index contributed by atoms with van der Waals surface area (Å²) in [5.74, 6) is -1.82. The number of fused-ring (bicyclic) bond motifs is 1. The standard InChI is InChI=1S/C27H27N3O9S/c1-4-37-27(34)22-17-6-5-7-21(17)40-25(22)29-23(31)24(32)30-28-13-15-8-10-18(20(12-15)35-2)38-14-16-9-11-19(39-16)26(33)36-3/h8-13H,4-7,14H2,1-3H3,(H,29,31)(H,30,32)/b28-13+. The van der Waals surface area contributed by atoms with Crippen molar-refractivity contribution >= 4 is 46.3 Å². The fraction of sp³-hybridized carbons (Fsp3) is 0.296. The molecule has 12 nitrogen and oxygen atoms in total. The van der Waals surface area contributed by atoms with E-state index in [2.05, 4.69) is 20.6 Å². The number of nitrogens with one attached hydrogen (secondary N) is 2. The molecule has 13 heteroatoms. The largest absolute Gasteiger partial charge is 0.493 e. The lowest BCUT2D eigenvalue weighted by Gasteiger charge is -2.10. The number of aryl methyl sites for hydroxylation is 1. The van der Waals surface area contributed by atoms with Gasteiger partial charge in [-0.3, -0.25) is 9.59 Å². The number of methoxy groups -OCH3 is 2. The maximum Gasteiger partial charge on any atom is 0.373 e. The predicted octanol–water partition coefficient (Wildman–Crippen LogP) is 3.47. The molecule has 0 bridgehead atoms. The molecule has 0 atom stereocenters. The van der Waals surface area contributed by atoms with Gasteiger partial charge in [0.25, 0.3) is 0 Å². The van der Waals surface area contributed by atoms with Crippen molar-refractivity contribution in [3.8, 4) is 11.5 Å². The molecule has 210 valence electrons. The zero-order valence-corrected chi connectivity index (χ0v) is 22.8. The van der Waals surface area contributed by atoms with Gasteiger partial charge in [0.05, 0.1) is 32.6 Å². The molecule has 2 N–H and O–H groups in total. The lowest BCUT2D eigenvalue weighted by molar-refractivity contribution is -0.136. The highest BCUT2D eigenvalue weighted by atomic mass is 32.1. The topological polar surface area (TPSA) is 155 Å². The Balaban J connectivity index is 1.34. The van der Waals surface area contributed by atoms with Crippen molar-refractivity contribution in [2.75, 3.05) is 26.1 Å². The van der Waals surface area contributed by atoms with Crippen molar-refractivity contribution in [1.29, 1.82) is 0 Å². The fourth-order valence-electron chi connectivity index (χ4n) is 3.99. The summed E-state index contributed by atoms with van der Waals surface area (Å²) in [6, 6.07) is 8.00. The third kappa shape index (κ3) is 6.49. The second kappa shape index (κ2) is 12.9. The van der Waals surface area contributed by atoms with Crippen molar-refractivity contribution in [1.82, 2.24) is 5.43 Å². The number of nitrogens with zero attached hydrogens (tertiary/aromatic N) is 1. The van der Waals surface area contributed by atoms with Gasteiger partial charge in [-0.25, -0.2) is 15.0 Å². The van der Waals surface area contributed by atoms with Gasteiger partial charge in [-0.15, -0.1) is 11.3 Å². The van der Waals surface area contributed by atoms with E-state index in [1.165, 1.54) is 37.8 Å². The number of hydrogen-bond acceptors (Lipinski definition) is 11. The summed E-state index contributed by atoms with van der Waals surface area (Å²) in [6.45, 7) is 1.94. The number of carbonyl (C=O) groups is 4. The van der Waals surface area contributed by atoms with E-state index in [1.54, 1.807) is 31.2 Å². The molecule has 3 aromatic rings. The van der Waals surface area contributed by atoms with E-state index >= 15 is 0 Å². The first-order valence-corrected chi connectivity index (χ1v) is 13.1. The molecule has 1 aromatic carbocycles. The van der Waals surface area contributed by atoms with Gasteiger partial charge in [0.15, 0.2) is 11.5 Å². The lowest BCUT2D eigenvalue weighted by Crippen LogP contribution is -2.32. The Labute approximate surface area is 233 Å². The number of benzene rings is 1. The summed E-state index contributed by atoms with van der Waals surface area (Å²) < 4.78 is 26.2. The summed E-state index contributed by atoms with van der Waals surface area (Å²) in [5.41, 5.74) is 3.91. The second-order valence-electron chi connectivity index (χ2n) is 8.39. The van der Waals surface area contributed by atoms with Crippen LogP contribution in [0, 0.1) is 0 Å². The van der Waals surface area contributed by atoms with Crippen molar-refractivity contribution in [2.45, 2.75) is 32.8 Å². The Morgan fingerprint density at radius 3 is 2.62 bits per heavy atom. The Bertz CT molecular complexity index is 1460. The van der Waals surface area contributed by atoms with Crippen molar-refractivity contribution in [2.24, 2.45) is 5.10 Å². The van der Waals surface area contributed by atoms with Crippen LogP contribution in [0.1, 0.15) is 56.0 Å². The van der Waals surface area contributed by atoms with E-state index in [-0.39, 0.29) is 19.0 Å². The first-order chi connectivity index (χ1) is 19.3. The highest BCUT2D eigenvalue weighted by molar-refractivity contribution is 7.17. The van der Waals surface area contributed by atoms with Gasteiger partial charge in [0.1, 0.15) is 17.4 Å². The van der Waals surface area contributed by atoms with Crippen LogP contribution in [0.3, 0.4) is 0 Å². The van der Waals surface area contributed by atoms with E-state index in [0.29, 0.717) is 33.4 Å². The van der Waals surface area contributed by atoms with Gasteiger partial charge in [-0.05, 0) is 67.6 Å². The quantitative estimate of drug-likeness (QED) is 0.162. The molecular formula is C27H27N3O9S. The van der Waals surface area contributed by atoms with E-state index < -0.39 is 23.8 Å². The van der Waals surface area contributed by atoms with E-state index in [9.17, 15) is 19.2 Å². The first-order valence-electron chi connectivity index (χ1n) is 12.3. The minimum Gasteiger partial charge on any atom is -0.493 e. The van der Waals surface area contributed by atoms with Crippen molar-refractivity contribution < 1.29 is 42.5 Å². The summed E-state index contributed by atoms with van der Waals surface area (Å²) >= 11 is 1.28. The zero-order chi connectivity index (χ0) is 28.6. The molecule has 0 aliphatic heterocycles. The maximum atomic E-state index is 12.5. The summed E-state index contributed by atoms with van der Waals surface area (Å²) in [7, 11) is 2.72. The average Bonchev–Trinajstić information content (AvgIpc) is 3.68. The number of amides is 2. The molecule has 2 amide bonds. The lowest BCUT2D eigenvalue weighted by atomic mass is 10.1. The number of hydrazone groups is 1. The van der Waals surface area contributed by atoms with Crippen LogP contribution in [0.4, 0.5) is 5.00 Å². The Morgan fingerprint density at radius 2 is 1.88 bits per heavy atom. The molecule has 0 saturated heterocycles. The number of rotatable bonds is 10. The van der Waals surface area contributed by atoms with Gasteiger partial charge in [-0.1, -0.05) is 0 Å². The number of esters is 2. The van der Waals surface area contributed by atoms with Crippen LogP contribution in [0.25, 0.3) is 0 Å². The molecule has 0 radical (unpaired) electrons. The summed E-state index contributed by atoms with van der Waals surface area (Å²) in [6.07, 6.45) is 3.79. The fourth-order valence-corrected chi connectivity index (χ4v) is 5.26. The van der Waals surface area contributed by atoms with Gasteiger partial charge in [0.2, 0.25) is 5.76 Å². The van der Waals surface area contributed by atoms with Crippen LogP contribution in [0.15, 0.2) is 39.9 Å². The maximum absolute atomic E-state index is 12.5. The molecule has 4 rings (SSSR count). The number of furan rings is 1. The zero-order valence-electron chi connectivity index (χ0n) is 22.0. The Hall–Kier alpha value is -4.65. The minimum absolute atomic E-state index is 0.0388. The average molecular weight is 570 g/mol. The van der Waals surface area contributed by atoms with Gasteiger partial charge in [-0.2, -0.15) is 5.10 Å². The molecule has 2 heterocycles. The molecule has 0 spiro atoms. The number of carbonyl (C=O) groups excluding carboxylic acids is 4. The number of hydrogen-bond donors (Lipinski definition) is 2. The number of thiophene rings is 1. The molecule has 0 saturated carbocycles. The SMILES string of the molecule is CCOC(=O)c1c(NC(=O)C(=O)N/N=C/c2ccc(OCc3ccc(C(=O)OC)o3)c(OC)c2)sc2c1CCC2. The predicted molar refractivity (Wildman–Crippen MR) is 144 cm³/mol. The summed E-state index contributed by atoms with van der Waals surface area (Å²) in [5, 5.41) is 6.65. The number of anilines is 1. The third-order valence-corrected chi connectivity index (χ3v) is 7.03. The van der Waals surface area contributed by atoms with Crippen LogP contribution in [-0.4, -0.2) is 50.8 Å². The third-order valence-electron chi connectivity index (χ3n) is 5.82. The molecule has 1 aliphatic carbocycles. The van der Waals surface area contributed by atoms with E-state index in [4.69, 9.17) is 18.6 Å². The second-order valence-corrected chi connectivity index (χ2v) is 9.50. The van der Waals surface area contributed by atoms with Gasteiger partial charge in [0, 0.05) is 4.88 Å². The van der Waals surface area contributed by atoms with Crippen LogP contribution in [0.5, 0.6) is 11.5 Å². The highest BCUT2D eigenvalue weighted by Gasteiger charge is 2.29. The van der Waals surface area contributed by atoms with Crippen LogP contribution in [-0.2, 0) is 38.5 Å².